The van der Waals surface area contributed by atoms with E-state index in [1.807, 2.05) is 0 Å². The minimum absolute atomic E-state index is 0.127. The van der Waals surface area contributed by atoms with E-state index in [1.165, 1.54) is 0 Å². The van der Waals surface area contributed by atoms with E-state index in [-0.39, 0.29) is 7.36 Å². The second-order valence-corrected chi connectivity index (χ2v) is 30.7. The molecule has 6 heteroatoms. The molecule has 1 saturated heterocycles. The van der Waals surface area contributed by atoms with Crippen molar-refractivity contribution in [3.8, 4) is 0 Å². The van der Waals surface area contributed by atoms with E-state index in [4.69, 9.17) is 9.64 Å². The van der Waals surface area contributed by atoms with Crippen LogP contribution in [0.4, 0.5) is 0 Å². The molecule has 6 rings (SSSR count). The molecule has 3 nitrogen and oxygen atoms in total. The second-order valence-electron chi connectivity index (χ2n) is 11.2. The van der Waals surface area contributed by atoms with Gasteiger partial charge in [0.2, 0.25) is 0 Å². The van der Waals surface area contributed by atoms with E-state index in [0.29, 0.717) is 0 Å². The molecule has 0 N–H and O–H groups in total. The summed E-state index contributed by atoms with van der Waals surface area (Å²) >= 11 is -4.22. The molecular formula is C33H34O3Si2Sn. The van der Waals surface area contributed by atoms with Crippen LogP contribution < -0.4 is 20.7 Å². The first kappa shape index (κ1) is 26.7. The molecule has 39 heavy (non-hydrogen) atoms. The van der Waals surface area contributed by atoms with Crippen molar-refractivity contribution in [2.75, 3.05) is 0 Å². The van der Waals surface area contributed by atoms with Crippen LogP contribution in [0.3, 0.4) is 0 Å². The molecule has 196 valence electrons. The van der Waals surface area contributed by atoms with Crippen LogP contribution in [-0.2, 0) is 9.64 Å². The van der Waals surface area contributed by atoms with Crippen LogP contribution >= 0.6 is 0 Å². The van der Waals surface area contributed by atoms with Gasteiger partial charge in [0.15, 0.2) is 0 Å². The van der Waals surface area contributed by atoms with Crippen LogP contribution in [0.15, 0.2) is 146 Å². The van der Waals surface area contributed by atoms with Crippen LogP contribution in [0.25, 0.3) is 0 Å². The zero-order valence-corrected chi connectivity index (χ0v) is 27.5. The first-order chi connectivity index (χ1) is 18.9. The number of rotatable bonds is 5. The van der Waals surface area contributed by atoms with Crippen molar-refractivity contribution >= 4 is 57.1 Å². The normalized spacial score (nSPS) is 19.7. The Morgan fingerprint density at radius 3 is 1.10 bits per heavy atom. The van der Waals surface area contributed by atoms with Gasteiger partial charge in [-0.3, -0.25) is 0 Å². The van der Waals surface area contributed by atoms with Gasteiger partial charge in [-0.1, -0.05) is 0 Å². The van der Waals surface area contributed by atoms with Crippen molar-refractivity contribution in [1.29, 1.82) is 0 Å². The molecule has 0 bridgehead atoms. The molecule has 1 aliphatic carbocycles. The Hall–Kier alpha value is -2.53. The van der Waals surface area contributed by atoms with Crippen LogP contribution in [0.5, 0.6) is 0 Å². The summed E-state index contributed by atoms with van der Waals surface area (Å²) in [5.41, 5.74) is 0. The van der Waals surface area contributed by atoms with Gasteiger partial charge in [0.1, 0.15) is 0 Å². The predicted octanol–water partition coefficient (Wildman–Crippen LogP) is 5.30. The average molecular weight is 654 g/mol. The average Bonchev–Trinajstić information content (AvgIpc) is 3.54. The van der Waals surface area contributed by atoms with E-state index in [2.05, 4.69) is 166 Å². The quantitative estimate of drug-likeness (QED) is 0.274. The summed E-state index contributed by atoms with van der Waals surface area (Å²) in [6.07, 6.45) is 8.91. The SMILES string of the molecule is C[C](C)(C)[Sn]1([CH]2C=CC=C2)[O][Si](c2ccccc2)(c2ccccc2)O[Si](c2ccccc2)(c2ccccc2)[O]1. The first-order valence-electron chi connectivity index (χ1n) is 13.6. The van der Waals surface area contributed by atoms with Crippen molar-refractivity contribution in [2.24, 2.45) is 0 Å². The standard InChI is InChI=1S/C24H20O3Si2.C5H5.C4H9.Sn/c25-28(21-13-5-1-6-14-21,22-15-7-2-8-16-22)27-29(26,23-17-9-3-10-18-23)24-19-11-4-12-20-24;1-2-4-5-3-1;1-4(2)3;/h1-20H;1-5H;1-3H3;/q-2;;;+2. The van der Waals surface area contributed by atoms with E-state index < -0.39 is 36.3 Å². The third kappa shape index (κ3) is 4.55. The third-order valence-corrected chi connectivity index (χ3v) is 35.3. The summed E-state index contributed by atoms with van der Waals surface area (Å²) in [7, 11) is -6.57. The Kier molecular flexibility index (Phi) is 7.16. The molecule has 0 aromatic heterocycles. The van der Waals surface area contributed by atoms with E-state index in [9.17, 15) is 0 Å². The zero-order valence-electron chi connectivity index (χ0n) is 22.7. The number of benzene rings is 4. The molecule has 4 aromatic carbocycles. The Morgan fingerprint density at radius 1 is 0.513 bits per heavy atom. The molecule has 0 amide bonds. The maximum atomic E-state index is 7.82. The Bertz CT molecular complexity index is 1290. The first-order valence-corrected chi connectivity index (χ1v) is 22.6. The van der Waals surface area contributed by atoms with E-state index >= 15 is 0 Å². The van der Waals surface area contributed by atoms with Crippen LogP contribution in [0, 0.1) is 0 Å². The topological polar surface area (TPSA) is 27.7 Å². The molecule has 1 fully saturated rings. The van der Waals surface area contributed by atoms with Crippen molar-refractivity contribution in [3.05, 3.63) is 146 Å². The summed E-state index contributed by atoms with van der Waals surface area (Å²) in [5, 5.41) is 4.50. The third-order valence-electron chi connectivity index (χ3n) is 7.73. The van der Waals surface area contributed by atoms with Gasteiger partial charge in [-0.15, -0.1) is 0 Å². The Balaban J connectivity index is 1.74. The second kappa shape index (κ2) is 10.5. The van der Waals surface area contributed by atoms with Gasteiger partial charge >= 0.3 is 240 Å². The fraction of sp³-hybridized carbons (Fsp3) is 0.152. The monoisotopic (exact) mass is 654 g/mol. The van der Waals surface area contributed by atoms with Crippen LogP contribution in [0.1, 0.15) is 20.8 Å². The summed E-state index contributed by atoms with van der Waals surface area (Å²) in [4.78, 5) is 0. The maximum absolute atomic E-state index is 7.82. The van der Waals surface area contributed by atoms with E-state index in [1.54, 1.807) is 0 Å². The Morgan fingerprint density at radius 2 is 0.821 bits per heavy atom. The minimum atomic E-state index is -4.22. The molecule has 2 aliphatic rings. The van der Waals surface area contributed by atoms with Crippen LogP contribution in [-0.4, -0.2) is 36.3 Å². The fourth-order valence-corrected chi connectivity index (χ4v) is 42.2. The predicted molar refractivity (Wildman–Crippen MR) is 167 cm³/mol. The van der Waals surface area contributed by atoms with Gasteiger partial charge in [0.25, 0.3) is 0 Å². The van der Waals surface area contributed by atoms with Gasteiger partial charge in [0, 0.05) is 0 Å². The zero-order chi connectivity index (χ0) is 27.0. The molecule has 4 aromatic rings. The summed E-state index contributed by atoms with van der Waals surface area (Å²) in [6.45, 7) is 6.95. The fourth-order valence-electron chi connectivity index (χ4n) is 5.75. The number of hydrogen-bond acceptors (Lipinski definition) is 3. The van der Waals surface area contributed by atoms with Crippen LogP contribution in [0.2, 0.25) is 7.36 Å². The Labute approximate surface area is 239 Å². The molecule has 0 saturated carbocycles. The molecule has 1 heterocycles. The van der Waals surface area contributed by atoms with Crippen molar-refractivity contribution in [3.63, 3.8) is 0 Å². The van der Waals surface area contributed by atoms with Crippen molar-refractivity contribution in [1.82, 2.24) is 0 Å². The van der Waals surface area contributed by atoms with Gasteiger partial charge < -0.3 is 0 Å². The van der Waals surface area contributed by atoms with Gasteiger partial charge in [-0.05, 0) is 0 Å². The van der Waals surface area contributed by atoms with Crippen molar-refractivity contribution in [2.45, 2.75) is 28.1 Å². The molecular weight excluding hydrogens is 619 g/mol. The van der Waals surface area contributed by atoms with E-state index in [0.717, 1.165) is 20.7 Å². The summed E-state index contributed by atoms with van der Waals surface area (Å²) in [6, 6.07) is 42.7. The molecule has 0 unspecified atom stereocenters. The van der Waals surface area contributed by atoms with Crippen molar-refractivity contribution < 1.29 is 9.64 Å². The molecule has 0 radical (unpaired) electrons. The number of hydrogen-bond donors (Lipinski definition) is 0. The summed E-state index contributed by atoms with van der Waals surface area (Å²) < 4.78 is 23.3. The molecule has 1 aliphatic heterocycles. The van der Waals surface area contributed by atoms with Gasteiger partial charge in [-0.2, -0.15) is 0 Å². The number of allylic oxidation sites excluding steroid dienone is 4. The molecule has 0 spiro atoms. The van der Waals surface area contributed by atoms with Gasteiger partial charge in [0.05, 0.1) is 0 Å². The van der Waals surface area contributed by atoms with Gasteiger partial charge in [-0.25, -0.2) is 0 Å². The summed E-state index contributed by atoms with van der Waals surface area (Å²) in [5.74, 6) is 0. The molecule has 0 atom stereocenters.